The van der Waals surface area contributed by atoms with Crippen molar-refractivity contribution in [2.75, 3.05) is 6.61 Å². The maximum Gasteiger partial charge on any atom is 0.338 e. The van der Waals surface area contributed by atoms with E-state index < -0.39 is 0 Å². The van der Waals surface area contributed by atoms with E-state index in [1.807, 2.05) is 12.1 Å². The normalized spacial score (nSPS) is 12.3. The summed E-state index contributed by atoms with van der Waals surface area (Å²) >= 11 is 0. The molecule has 0 unspecified atom stereocenters. The zero-order chi connectivity index (χ0) is 16.9. The summed E-state index contributed by atoms with van der Waals surface area (Å²) in [5.74, 6) is -0.0851. The zero-order valence-corrected chi connectivity index (χ0v) is 13.7. The Morgan fingerprint density at radius 3 is 2.52 bits per heavy atom. The summed E-state index contributed by atoms with van der Waals surface area (Å²) in [7, 11) is 0. The lowest BCUT2D eigenvalue weighted by molar-refractivity contribution is -0.119. The molecule has 126 valence electrons. The van der Waals surface area contributed by atoms with Crippen LogP contribution >= 0.6 is 0 Å². The number of ether oxygens (including phenoxy) is 1. The number of ketones is 1. The Balaban J connectivity index is 2.04. The number of allylic oxidation sites excluding steroid dienone is 1. The molecule has 0 saturated carbocycles. The number of rotatable bonds is 11. The van der Waals surface area contributed by atoms with Crippen LogP contribution in [0.4, 0.5) is 0 Å². The van der Waals surface area contributed by atoms with Crippen LogP contribution < -0.4 is 0 Å². The van der Waals surface area contributed by atoms with Crippen LogP contribution in [0.5, 0.6) is 0 Å². The number of hydrogen-bond donors (Lipinski definition) is 1. The van der Waals surface area contributed by atoms with E-state index in [1.165, 1.54) is 0 Å². The highest BCUT2D eigenvalue weighted by Crippen LogP contribution is 2.06. The van der Waals surface area contributed by atoms with E-state index in [1.54, 1.807) is 37.3 Å². The molecule has 0 aliphatic heterocycles. The number of carbonyl (C=O) groups is 2. The van der Waals surface area contributed by atoms with Crippen molar-refractivity contribution >= 4 is 11.8 Å². The summed E-state index contributed by atoms with van der Waals surface area (Å²) in [5.41, 5.74) is 0.545. The van der Waals surface area contributed by atoms with Gasteiger partial charge in [-0.2, -0.15) is 0 Å². The average Bonchev–Trinajstić information content (AvgIpc) is 2.54. The van der Waals surface area contributed by atoms with Crippen molar-refractivity contribution in [2.45, 2.75) is 51.6 Å². The van der Waals surface area contributed by atoms with E-state index in [2.05, 4.69) is 0 Å². The third kappa shape index (κ3) is 9.63. The highest BCUT2D eigenvalue weighted by molar-refractivity contribution is 5.89. The standard InChI is InChI=1S/C19H26O4/c1-16(20)10-9-14-18(21)13-7-2-3-8-15-23-19(22)17-11-5-4-6-12-17/h3-6,8,11-12,16,20H,2,7,9-10,13-15H2,1H3/b8-3+/t16-/m0/s1. The highest BCUT2D eigenvalue weighted by Gasteiger charge is 2.04. The summed E-state index contributed by atoms with van der Waals surface area (Å²) in [6.07, 6.45) is 7.54. The summed E-state index contributed by atoms with van der Waals surface area (Å²) in [6, 6.07) is 8.88. The summed E-state index contributed by atoms with van der Waals surface area (Å²) in [5, 5.41) is 9.12. The minimum atomic E-state index is -0.330. The lowest BCUT2D eigenvalue weighted by atomic mass is 10.1. The van der Waals surface area contributed by atoms with Crippen molar-refractivity contribution < 1.29 is 19.4 Å². The number of hydrogen-bond acceptors (Lipinski definition) is 4. The molecule has 1 aromatic rings. The first-order valence-corrected chi connectivity index (χ1v) is 8.16. The van der Waals surface area contributed by atoms with Crippen LogP contribution in [0.1, 0.15) is 55.8 Å². The number of aliphatic hydroxyl groups is 1. The molecule has 0 fully saturated rings. The molecule has 4 heteroatoms. The minimum absolute atomic E-state index is 0.245. The molecule has 1 N–H and O–H groups in total. The van der Waals surface area contributed by atoms with Gasteiger partial charge in [0.1, 0.15) is 12.4 Å². The Kier molecular flexibility index (Phi) is 9.64. The van der Waals surface area contributed by atoms with Gasteiger partial charge in [0.25, 0.3) is 0 Å². The van der Waals surface area contributed by atoms with Crippen molar-refractivity contribution in [2.24, 2.45) is 0 Å². The SMILES string of the molecule is C[C@H](O)CCCC(=O)CCC/C=C/COC(=O)c1ccccc1. The number of aliphatic hydroxyl groups excluding tert-OH is 1. The Labute approximate surface area is 138 Å². The Morgan fingerprint density at radius 2 is 1.83 bits per heavy atom. The fourth-order valence-electron chi connectivity index (χ4n) is 2.10. The van der Waals surface area contributed by atoms with E-state index in [4.69, 9.17) is 9.84 Å². The molecule has 1 aromatic carbocycles. The molecule has 1 rings (SSSR count). The second-order valence-corrected chi connectivity index (χ2v) is 5.61. The predicted octanol–water partition coefficient (Wildman–Crippen LogP) is 3.69. The van der Waals surface area contributed by atoms with Gasteiger partial charge < -0.3 is 9.84 Å². The van der Waals surface area contributed by atoms with Crippen molar-refractivity contribution in [3.05, 3.63) is 48.0 Å². The van der Waals surface area contributed by atoms with E-state index >= 15 is 0 Å². The van der Waals surface area contributed by atoms with Crippen LogP contribution in [0.15, 0.2) is 42.5 Å². The zero-order valence-electron chi connectivity index (χ0n) is 13.7. The summed E-state index contributed by atoms with van der Waals surface area (Å²) in [4.78, 5) is 23.2. The second kappa shape index (κ2) is 11.6. The minimum Gasteiger partial charge on any atom is -0.458 e. The van der Waals surface area contributed by atoms with E-state index in [0.717, 1.165) is 19.3 Å². The number of benzene rings is 1. The van der Waals surface area contributed by atoms with Gasteiger partial charge in [-0.15, -0.1) is 0 Å². The molecule has 0 bridgehead atoms. The van der Waals surface area contributed by atoms with Crippen LogP contribution in [0.3, 0.4) is 0 Å². The van der Waals surface area contributed by atoms with Crippen LogP contribution in [-0.4, -0.2) is 29.6 Å². The van der Waals surface area contributed by atoms with Gasteiger partial charge in [0.05, 0.1) is 11.7 Å². The molecule has 0 heterocycles. The number of Topliss-reactive ketones (excluding diaryl/α,β-unsaturated/α-hetero) is 1. The van der Waals surface area contributed by atoms with Gasteiger partial charge in [-0.25, -0.2) is 4.79 Å². The highest BCUT2D eigenvalue weighted by atomic mass is 16.5. The quantitative estimate of drug-likeness (QED) is 0.384. The Bertz CT molecular complexity index is 491. The van der Waals surface area contributed by atoms with E-state index in [-0.39, 0.29) is 24.5 Å². The lowest BCUT2D eigenvalue weighted by Crippen LogP contribution is -2.04. The van der Waals surface area contributed by atoms with E-state index in [9.17, 15) is 9.59 Å². The van der Waals surface area contributed by atoms with Gasteiger partial charge in [-0.05, 0) is 44.7 Å². The first kappa shape index (κ1) is 19.1. The van der Waals surface area contributed by atoms with Gasteiger partial charge in [0.15, 0.2) is 0 Å². The molecule has 4 nitrogen and oxygen atoms in total. The average molecular weight is 318 g/mol. The molecular weight excluding hydrogens is 292 g/mol. The van der Waals surface area contributed by atoms with Gasteiger partial charge >= 0.3 is 5.97 Å². The monoisotopic (exact) mass is 318 g/mol. The molecule has 23 heavy (non-hydrogen) atoms. The number of unbranched alkanes of at least 4 members (excludes halogenated alkanes) is 1. The van der Waals surface area contributed by atoms with Gasteiger partial charge in [-0.3, -0.25) is 4.79 Å². The van der Waals surface area contributed by atoms with Crippen LogP contribution in [0.25, 0.3) is 0 Å². The van der Waals surface area contributed by atoms with Crippen LogP contribution in [0, 0.1) is 0 Å². The smallest absolute Gasteiger partial charge is 0.338 e. The van der Waals surface area contributed by atoms with Gasteiger partial charge in [0, 0.05) is 12.8 Å². The van der Waals surface area contributed by atoms with Crippen LogP contribution in [-0.2, 0) is 9.53 Å². The fourth-order valence-corrected chi connectivity index (χ4v) is 2.10. The molecule has 0 radical (unpaired) electrons. The molecule has 0 aliphatic carbocycles. The largest absolute Gasteiger partial charge is 0.458 e. The fraction of sp³-hybridized carbons (Fsp3) is 0.474. The molecule has 0 saturated heterocycles. The molecule has 0 spiro atoms. The van der Waals surface area contributed by atoms with Gasteiger partial charge in [-0.1, -0.05) is 30.4 Å². The van der Waals surface area contributed by atoms with Gasteiger partial charge in [0.2, 0.25) is 0 Å². The maximum absolute atomic E-state index is 11.7. The molecule has 1 atom stereocenters. The molecule has 0 aromatic heterocycles. The topological polar surface area (TPSA) is 63.6 Å². The van der Waals surface area contributed by atoms with E-state index in [0.29, 0.717) is 24.8 Å². The Hall–Kier alpha value is -1.94. The molecule has 0 amide bonds. The molecular formula is C19H26O4. The predicted molar refractivity (Wildman–Crippen MR) is 90.3 cm³/mol. The second-order valence-electron chi connectivity index (χ2n) is 5.61. The van der Waals surface area contributed by atoms with Crippen molar-refractivity contribution in [3.8, 4) is 0 Å². The lowest BCUT2D eigenvalue weighted by Gasteiger charge is -2.03. The first-order valence-electron chi connectivity index (χ1n) is 8.16. The first-order chi connectivity index (χ1) is 11.1. The van der Waals surface area contributed by atoms with Crippen molar-refractivity contribution in [1.29, 1.82) is 0 Å². The summed E-state index contributed by atoms with van der Waals surface area (Å²) < 4.78 is 5.11. The van der Waals surface area contributed by atoms with Crippen LogP contribution in [0.2, 0.25) is 0 Å². The third-order valence-electron chi connectivity index (χ3n) is 3.39. The third-order valence-corrected chi connectivity index (χ3v) is 3.39. The molecule has 0 aliphatic rings. The van der Waals surface area contributed by atoms with Crippen molar-refractivity contribution in [1.82, 2.24) is 0 Å². The number of esters is 1. The number of carbonyl (C=O) groups excluding carboxylic acids is 2. The summed E-state index contributed by atoms with van der Waals surface area (Å²) in [6.45, 7) is 1.98. The van der Waals surface area contributed by atoms with Crippen molar-refractivity contribution in [3.63, 3.8) is 0 Å². The maximum atomic E-state index is 11.7. The Morgan fingerprint density at radius 1 is 1.13 bits per heavy atom.